The lowest BCUT2D eigenvalue weighted by molar-refractivity contribution is -0.147. The van der Waals surface area contributed by atoms with Crippen LogP contribution in [0.5, 0.6) is 0 Å². The Morgan fingerprint density at radius 1 is 1.20 bits per heavy atom. The van der Waals surface area contributed by atoms with E-state index in [1.807, 2.05) is 16.7 Å². The van der Waals surface area contributed by atoms with Gasteiger partial charge in [0, 0.05) is 23.6 Å². The lowest BCUT2D eigenvalue weighted by Gasteiger charge is -2.16. The van der Waals surface area contributed by atoms with Crippen molar-refractivity contribution in [1.82, 2.24) is 24.3 Å². The van der Waals surface area contributed by atoms with Gasteiger partial charge in [0.25, 0.3) is 5.56 Å². The Kier molecular flexibility index (Phi) is 7.38. The number of nitrogens with one attached hydrogen (secondary N) is 1. The molecule has 1 aliphatic carbocycles. The van der Waals surface area contributed by atoms with E-state index in [0.717, 1.165) is 11.1 Å². The topological polar surface area (TPSA) is 141 Å². The molecule has 0 bridgehead atoms. The molecule has 2 fully saturated rings. The molecule has 2 aromatic carbocycles. The molecule has 13 heteroatoms. The molecule has 0 amide bonds. The Morgan fingerprint density at radius 2 is 1.98 bits per heavy atom. The Labute approximate surface area is 240 Å². The van der Waals surface area contributed by atoms with E-state index in [4.69, 9.17) is 9.47 Å². The molecule has 0 radical (unpaired) electrons. The largest absolute Gasteiger partial charge is 0.462 e. The number of carbonyl (C=O) groups excluding carboxylic acids is 1. The van der Waals surface area contributed by atoms with Gasteiger partial charge < -0.3 is 14.6 Å². The van der Waals surface area contributed by atoms with Crippen molar-refractivity contribution in [3.05, 3.63) is 79.3 Å². The maximum Gasteiger partial charge on any atom is 0.330 e. The fraction of sp³-hybridized carbons (Fsp3) is 0.370. The van der Waals surface area contributed by atoms with Crippen LogP contribution >= 0.6 is 27.7 Å². The molecule has 1 saturated carbocycles. The summed E-state index contributed by atoms with van der Waals surface area (Å²) in [6.45, 7) is 1.39. The number of fused-ring (bicyclic) bond motifs is 1. The van der Waals surface area contributed by atoms with Crippen molar-refractivity contribution in [3.8, 4) is 5.69 Å². The lowest BCUT2D eigenvalue weighted by atomic mass is 9.99. The van der Waals surface area contributed by atoms with Gasteiger partial charge in [-0.15, -0.1) is 10.2 Å². The Bertz CT molecular complexity index is 1710. The minimum Gasteiger partial charge on any atom is -0.462 e. The van der Waals surface area contributed by atoms with Crippen LogP contribution in [0.4, 0.5) is 0 Å². The number of aromatic nitrogens is 5. The Hall–Kier alpha value is -3.26. The molecule has 6 rings (SSSR count). The van der Waals surface area contributed by atoms with E-state index in [1.165, 1.54) is 46.3 Å². The van der Waals surface area contributed by atoms with Gasteiger partial charge in [-0.2, -0.15) is 0 Å². The number of aromatic amines is 1. The van der Waals surface area contributed by atoms with Crippen LogP contribution in [-0.4, -0.2) is 60.0 Å². The summed E-state index contributed by atoms with van der Waals surface area (Å²) in [5.41, 5.74) is 1.49. The van der Waals surface area contributed by atoms with E-state index in [2.05, 4.69) is 55.4 Å². The van der Waals surface area contributed by atoms with Gasteiger partial charge in [0.05, 0.1) is 17.5 Å². The number of aliphatic hydroxyl groups excluding tert-OH is 1. The SMILES string of the molecule is Cc1cn([C@H]2C[C@H](O)[C@@H](COC(=O)CSc3nnc(Br)n3-c3ccc(C4CC4)c4ccccc34)O2)c(=O)[nH]c1=O. The molecule has 2 N–H and O–H groups in total. The molecule has 2 aliphatic rings. The van der Waals surface area contributed by atoms with Crippen LogP contribution in [0.3, 0.4) is 0 Å². The number of esters is 1. The first-order chi connectivity index (χ1) is 19.3. The maximum absolute atomic E-state index is 12.6. The molecular formula is C27H26BrN5O6S. The predicted molar refractivity (Wildman–Crippen MR) is 151 cm³/mol. The van der Waals surface area contributed by atoms with Crippen molar-refractivity contribution < 1.29 is 19.4 Å². The molecule has 1 aliphatic heterocycles. The zero-order valence-corrected chi connectivity index (χ0v) is 23.9. The first-order valence-electron chi connectivity index (χ1n) is 12.9. The third kappa shape index (κ3) is 5.26. The highest BCUT2D eigenvalue weighted by Crippen LogP contribution is 2.44. The van der Waals surface area contributed by atoms with Crippen LogP contribution in [0.25, 0.3) is 16.5 Å². The molecular weight excluding hydrogens is 602 g/mol. The number of aliphatic hydroxyl groups is 1. The average molecular weight is 629 g/mol. The Balaban J connectivity index is 1.11. The van der Waals surface area contributed by atoms with Crippen LogP contribution in [0.15, 0.2) is 62.1 Å². The highest BCUT2D eigenvalue weighted by molar-refractivity contribution is 9.10. The van der Waals surface area contributed by atoms with E-state index < -0.39 is 35.7 Å². The molecule has 3 heterocycles. The van der Waals surface area contributed by atoms with E-state index in [0.29, 0.717) is 21.4 Å². The summed E-state index contributed by atoms with van der Waals surface area (Å²) < 4.78 is 14.8. The summed E-state index contributed by atoms with van der Waals surface area (Å²) in [6, 6.07) is 12.5. The van der Waals surface area contributed by atoms with E-state index in [9.17, 15) is 19.5 Å². The van der Waals surface area contributed by atoms with Gasteiger partial charge in [-0.25, -0.2) is 4.79 Å². The minimum atomic E-state index is -0.949. The van der Waals surface area contributed by atoms with Crippen LogP contribution in [0.1, 0.15) is 42.5 Å². The zero-order chi connectivity index (χ0) is 28.0. The molecule has 40 heavy (non-hydrogen) atoms. The standard InChI is InChI=1S/C27H26BrN5O6S/c1-14-11-32(26(37)29-24(14)36)22-10-20(34)21(39-22)12-38-23(35)13-40-27-31-30-25(28)33(27)19-9-8-16(15-6-7-15)17-4-2-3-5-18(17)19/h2-5,8-9,11,15,20-22,34H,6-7,10,12-13H2,1H3,(H,29,36,37)/t20-,21+,22+/m0/s1. The van der Waals surface area contributed by atoms with Crippen LogP contribution < -0.4 is 11.2 Å². The second-order valence-corrected chi connectivity index (χ2v) is 11.6. The summed E-state index contributed by atoms with van der Waals surface area (Å²) in [5.74, 6) is 0.0564. The average Bonchev–Trinajstić information content (AvgIpc) is 3.63. The van der Waals surface area contributed by atoms with Crippen molar-refractivity contribution in [1.29, 1.82) is 0 Å². The van der Waals surface area contributed by atoms with Crippen molar-refractivity contribution in [2.45, 2.75) is 55.7 Å². The summed E-state index contributed by atoms with van der Waals surface area (Å²) in [4.78, 5) is 38.7. The fourth-order valence-corrected chi connectivity index (χ4v) is 6.27. The molecule has 0 unspecified atom stereocenters. The predicted octanol–water partition coefficient (Wildman–Crippen LogP) is 3.20. The smallest absolute Gasteiger partial charge is 0.330 e. The molecule has 208 valence electrons. The van der Waals surface area contributed by atoms with Crippen LogP contribution in [0, 0.1) is 6.92 Å². The van der Waals surface area contributed by atoms with E-state index in [-0.39, 0.29) is 18.8 Å². The molecule has 1 saturated heterocycles. The van der Waals surface area contributed by atoms with Crippen LogP contribution in [0.2, 0.25) is 0 Å². The maximum atomic E-state index is 12.6. The highest BCUT2D eigenvalue weighted by Gasteiger charge is 2.36. The van der Waals surface area contributed by atoms with Crippen molar-refractivity contribution in [2.75, 3.05) is 12.4 Å². The number of rotatable bonds is 8. The first-order valence-corrected chi connectivity index (χ1v) is 14.6. The second kappa shape index (κ2) is 11.0. The van der Waals surface area contributed by atoms with E-state index >= 15 is 0 Å². The van der Waals surface area contributed by atoms with Gasteiger partial charge in [-0.05, 0) is 58.6 Å². The van der Waals surface area contributed by atoms with Gasteiger partial charge in [0.2, 0.25) is 4.73 Å². The first kappa shape index (κ1) is 26.9. The van der Waals surface area contributed by atoms with Gasteiger partial charge in [-0.1, -0.05) is 42.1 Å². The number of halogens is 1. The third-order valence-electron chi connectivity index (χ3n) is 7.17. The van der Waals surface area contributed by atoms with Gasteiger partial charge in [0.15, 0.2) is 5.16 Å². The summed E-state index contributed by atoms with van der Waals surface area (Å²) in [6.07, 6.45) is 1.37. The monoisotopic (exact) mass is 627 g/mol. The van der Waals surface area contributed by atoms with Crippen molar-refractivity contribution >= 4 is 44.4 Å². The van der Waals surface area contributed by atoms with Crippen molar-refractivity contribution in [3.63, 3.8) is 0 Å². The summed E-state index contributed by atoms with van der Waals surface area (Å²) in [5, 5.41) is 21.7. The zero-order valence-electron chi connectivity index (χ0n) is 21.4. The molecule has 3 atom stereocenters. The number of benzene rings is 2. The lowest BCUT2D eigenvalue weighted by Crippen LogP contribution is -2.33. The number of carbonyl (C=O) groups is 1. The number of hydrogen-bond acceptors (Lipinski definition) is 9. The number of nitrogens with zero attached hydrogens (tertiary/aromatic N) is 4. The molecule has 11 nitrogen and oxygen atoms in total. The van der Waals surface area contributed by atoms with Crippen molar-refractivity contribution in [2.24, 2.45) is 0 Å². The van der Waals surface area contributed by atoms with E-state index in [1.54, 1.807) is 6.92 Å². The Morgan fingerprint density at radius 3 is 2.75 bits per heavy atom. The quantitative estimate of drug-likeness (QED) is 0.222. The fourth-order valence-electron chi connectivity index (χ4n) is 4.98. The second-order valence-electron chi connectivity index (χ2n) is 9.96. The highest BCUT2D eigenvalue weighted by atomic mass is 79.9. The number of H-pyrrole nitrogens is 1. The number of aryl methyl sites for hydroxylation is 1. The number of hydrogen-bond donors (Lipinski definition) is 2. The normalized spacial score (nSPS) is 20.7. The molecule has 2 aromatic heterocycles. The van der Waals surface area contributed by atoms with Gasteiger partial charge in [0.1, 0.15) is 18.9 Å². The van der Waals surface area contributed by atoms with Gasteiger partial charge >= 0.3 is 11.7 Å². The minimum absolute atomic E-state index is 0.0337. The number of thioether (sulfide) groups is 1. The number of ether oxygens (including phenoxy) is 2. The van der Waals surface area contributed by atoms with Crippen LogP contribution in [-0.2, 0) is 14.3 Å². The third-order valence-corrected chi connectivity index (χ3v) is 8.59. The summed E-state index contributed by atoms with van der Waals surface area (Å²) in [7, 11) is 0. The molecule has 4 aromatic rings. The summed E-state index contributed by atoms with van der Waals surface area (Å²) >= 11 is 4.69. The van der Waals surface area contributed by atoms with Gasteiger partial charge in [-0.3, -0.25) is 23.7 Å². The molecule has 0 spiro atoms.